The van der Waals surface area contributed by atoms with Crippen molar-refractivity contribution in [1.29, 1.82) is 0 Å². The highest BCUT2D eigenvalue weighted by molar-refractivity contribution is 5.86. The van der Waals surface area contributed by atoms with Crippen LogP contribution in [-0.2, 0) is 9.53 Å². The predicted octanol–water partition coefficient (Wildman–Crippen LogP) is 4.67. The van der Waals surface area contributed by atoms with E-state index in [9.17, 15) is 9.59 Å². The monoisotopic (exact) mass is 325 g/mol. The number of ether oxygens (including phenoxy) is 1. The van der Waals surface area contributed by atoms with Gasteiger partial charge in [-0.1, -0.05) is 48.0 Å². The summed E-state index contributed by atoms with van der Waals surface area (Å²) in [5.74, 6) is -0.00651. The fourth-order valence-corrected chi connectivity index (χ4v) is 2.74. The van der Waals surface area contributed by atoms with Gasteiger partial charge in [-0.15, -0.1) is 0 Å². The second kappa shape index (κ2) is 8.29. The number of amides is 1. The summed E-state index contributed by atoms with van der Waals surface area (Å²) in [6.45, 7) is 5.65. The lowest BCUT2D eigenvalue weighted by Crippen LogP contribution is -2.16. The highest BCUT2D eigenvalue weighted by atomic mass is 16.5. The molecule has 24 heavy (non-hydrogen) atoms. The summed E-state index contributed by atoms with van der Waals surface area (Å²) in [5, 5.41) is 2.79. The van der Waals surface area contributed by atoms with Gasteiger partial charge in [0.1, 0.15) is 5.78 Å². The standard InChI is InChI=1S/C20H23NO3/c1-4-24-20(23)21-19-11-10-14(2)12-18(19)17(13-15(3)22)16-8-6-5-7-9-16/h5-12,17H,4,13H2,1-3H3,(H,21,23). The summed E-state index contributed by atoms with van der Waals surface area (Å²) in [7, 11) is 0. The minimum atomic E-state index is -0.489. The largest absolute Gasteiger partial charge is 0.450 e. The molecule has 0 radical (unpaired) electrons. The Kier molecular flexibility index (Phi) is 6.13. The third-order valence-corrected chi connectivity index (χ3v) is 3.79. The van der Waals surface area contributed by atoms with Gasteiger partial charge in [-0.25, -0.2) is 4.79 Å². The van der Waals surface area contributed by atoms with E-state index in [-0.39, 0.29) is 11.7 Å². The second-order valence-electron chi connectivity index (χ2n) is 5.81. The summed E-state index contributed by atoms with van der Waals surface area (Å²) in [6, 6.07) is 15.7. The van der Waals surface area contributed by atoms with Crippen molar-refractivity contribution in [2.75, 3.05) is 11.9 Å². The van der Waals surface area contributed by atoms with Gasteiger partial charge < -0.3 is 4.74 Å². The van der Waals surface area contributed by atoms with Crippen LogP contribution in [0.25, 0.3) is 0 Å². The second-order valence-corrected chi connectivity index (χ2v) is 5.81. The summed E-state index contributed by atoms with van der Waals surface area (Å²) in [4.78, 5) is 23.6. The number of nitrogens with one attached hydrogen (secondary N) is 1. The average Bonchev–Trinajstić information content (AvgIpc) is 2.55. The lowest BCUT2D eigenvalue weighted by Gasteiger charge is -2.21. The molecule has 1 amide bonds. The van der Waals surface area contributed by atoms with E-state index in [4.69, 9.17) is 4.74 Å². The molecule has 2 aromatic rings. The molecule has 0 aliphatic rings. The summed E-state index contributed by atoms with van der Waals surface area (Å²) < 4.78 is 4.98. The van der Waals surface area contributed by atoms with Gasteiger partial charge in [-0.05, 0) is 38.0 Å². The first kappa shape index (κ1) is 17.7. The molecular weight excluding hydrogens is 302 g/mol. The third-order valence-electron chi connectivity index (χ3n) is 3.79. The number of hydrogen-bond acceptors (Lipinski definition) is 3. The lowest BCUT2D eigenvalue weighted by molar-refractivity contribution is -0.117. The number of anilines is 1. The number of Topliss-reactive ketones (excluding diaryl/α,β-unsaturated/α-hetero) is 1. The number of hydrogen-bond donors (Lipinski definition) is 1. The van der Waals surface area contributed by atoms with E-state index < -0.39 is 6.09 Å². The highest BCUT2D eigenvalue weighted by Crippen LogP contribution is 2.34. The van der Waals surface area contributed by atoms with Crippen LogP contribution in [0.5, 0.6) is 0 Å². The van der Waals surface area contributed by atoms with Crippen molar-refractivity contribution < 1.29 is 14.3 Å². The number of carbonyl (C=O) groups is 2. The number of aryl methyl sites for hydroxylation is 1. The lowest BCUT2D eigenvalue weighted by atomic mass is 9.85. The molecule has 0 aromatic heterocycles. The zero-order valence-corrected chi connectivity index (χ0v) is 14.3. The maximum atomic E-state index is 11.8. The highest BCUT2D eigenvalue weighted by Gasteiger charge is 2.20. The molecule has 0 saturated carbocycles. The van der Waals surface area contributed by atoms with Gasteiger partial charge in [0, 0.05) is 18.0 Å². The Bertz CT molecular complexity index is 710. The summed E-state index contributed by atoms with van der Waals surface area (Å²) in [5.41, 5.74) is 3.72. The molecule has 4 heteroatoms. The molecule has 4 nitrogen and oxygen atoms in total. The fourth-order valence-electron chi connectivity index (χ4n) is 2.74. The number of carbonyl (C=O) groups excluding carboxylic acids is 2. The Balaban J connectivity index is 2.46. The Morgan fingerprint density at radius 3 is 2.46 bits per heavy atom. The topological polar surface area (TPSA) is 55.4 Å². The van der Waals surface area contributed by atoms with Crippen LogP contribution in [0.15, 0.2) is 48.5 Å². The van der Waals surface area contributed by atoms with E-state index >= 15 is 0 Å². The Morgan fingerprint density at radius 1 is 1.12 bits per heavy atom. The molecule has 0 spiro atoms. The zero-order chi connectivity index (χ0) is 17.5. The molecule has 1 atom stereocenters. The van der Waals surface area contributed by atoms with Crippen LogP contribution in [-0.4, -0.2) is 18.5 Å². The van der Waals surface area contributed by atoms with Crippen LogP contribution in [0, 0.1) is 6.92 Å². The van der Waals surface area contributed by atoms with Crippen LogP contribution in [0.3, 0.4) is 0 Å². The van der Waals surface area contributed by atoms with Gasteiger partial charge in [-0.2, -0.15) is 0 Å². The first-order chi connectivity index (χ1) is 11.5. The Hall–Kier alpha value is -2.62. The van der Waals surface area contributed by atoms with Gasteiger partial charge >= 0.3 is 6.09 Å². The first-order valence-electron chi connectivity index (χ1n) is 8.10. The molecule has 0 bridgehead atoms. The van der Waals surface area contributed by atoms with Gasteiger partial charge in [-0.3, -0.25) is 10.1 Å². The molecule has 2 rings (SSSR count). The third kappa shape index (κ3) is 4.69. The minimum Gasteiger partial charge on any atom is -0.450 e. The van der Waals surface area contributed by atoms with Gasteiger partial charge in [0.2, 0.25) is 0 Å². The van der Waals surface area contributed by atoms with Crippen LogP contribution in [0.4, 0.5) is 10.5 Å². The van der Waals surface area contributed by atoms with Crippen molar-refractivity contribution in [3.8, 4) is 0 Å². The van der Waals surface area contributed by atoms with Gasteiger partial charge in [0.05, 0.1) is 6.61 Å². The van der Waals surface area contributed by atoms with Crippen molar-refractivity contribution in [1.82, 2.24) is 0 Å². The van der Waals surface area contributed by atoms with E-state index in [0.717, 1.165) is 16.7 Å². The average molecular weight is 325 g/mol. The maximum absolute atomic E-state index is 11.8. The van der Waals surface area contributed by atoms with Crippen LogP contribution in [0.1, 0.15) is 42.9 Å². The quantitative estimate of drug-likeness (QED) is 0.839. The Morgan fingerprint density at radius 2 is 1.83 bits per heavy atom. The molecule has 0 aliphatic heterocycles. The molecule has 126 valence electrons. The number of ketones is 1. The molecular formula is C20H23NO3. The van der Waals surface area contributed by atoms with E-state index in [0.29, 0.717) is 18.7 Å². The van der Waals surface area contributed by atoms with Gasteiger partial charge in [0.25, 0.3) is 0 Å². The van der Waals surface area contributed by atoms with Crippen molar-refractivity contribution in [3.05, 3.63) is 65.2 Å². The molecule has 0 heterocycles. The minimum absolute atomic E-state index is 0.104. The molecule has 0 saturated heterocycles. The van der Waals surface area contributed by atoms with Gasteiger partial charge in [0.15, 0.2) is 0 Å². The van der Waals surface area contributed by atoms with Crippen molar-refractivity contribution >= 4 is 17.6 Å². The SMILES string of the molecule is CCOC(=O)Nc1ccc(C)cc1C(CC(C)=O)c1ccccc1. The van der Waals surface area contributed by atoms with Crippen LogP contribution in [0.2, 0.25) is 0 Å². The molecule has 1 unspecified atom stereocenters. The predicted molar refractivity (Wildman–Crippen MR) is 95.4 cm³/mol. The van der Waals surface area contributed by atoms with E-state index in [1.807, 2.05) is 55.5 Å². The molecule has 0 fully saturated rings. The van der Waals surface area contributed by atoms with Crippen molar-refractivity contribution in [2.45, 2.75) is 33.1 Å². The van der Waals surface area contributed by atoms with Crippen molar-refractivity contribution in [3.63, 3.8) is 0 Å². The molecule has 2 aromatic carbocycles. The number of rotatable bonds is 6. The normalized spacial score (nSPS) is 11.6. The van der Waals surface area contributed by atoms with Crippen LogP contribution < -0.4 is 5.32 Å². The molecule has 1 N–H and O–H groups in total. The maximum Gasteiger partial charge on any atom is 0.411 e. The van der Waals surface area contributed by atoms with E-state index in [1.54, 1.807) is 13.8 Å². The summed E-state index contributed by atoms with van der Waals surface area (Å²) in [6.07, 6.45) is -0.109. The summed E-state index contributed by atoms with van der Waals surface area (Å²) >= 11 is 0. The first-order valence-corrected chi connectivity index (χ1v) is 8.10. The fraction of sp³-hybridized carbons (Fsp3) is 0.300. The molecule has 0 aliphatic carbocycles. The zero-order valence-electron chi connectivity index (χ0n) is 14.3. The van der Waals surface area contributed by atoms with Crippen LogP contribution >= 0.6 is 0 Å². The number of benzene rings is 2. The van der Waals surface area contributed by atoms with E-state index in [2.05, 4.69) is 5.32 Å². The van der Waals surface area contributed by atoms with Crippen molar-refractivity contribution in [2.24, 2.45) is 0 Å². The Labute approximate surface area is 142 Å². The van der Waals surface area contributed by atoms with E-state index in [1.165, 1.54) is 0 Å². The smallest absolute Gasteiger partial charge is 0.411 e.